The molecule has 0 radical (unpaired) electrons. The first-order chi connectivity index (χ1) is 7.15. The lowest BCUT2D eigenvalue weighted by Gasteiger charge is -2.02. The molecule has 0 aromatic carbocycles. The lowest BCUT2D eigenvalue weighted by molar-refractivity contribution is 0.0602. The second-order valence-electron chi connectivity index (χ2n) is 3.08. The predicted octanol–water partition coefficient (Wildman–Crippen LogP) is 2.19. The van der Waals surface area contributed by atoms with Crippen LogP contribution in [-0.2, 0) is 4.74 Å². The molecular weight excluding hydrogens is 260 g/mol. The van der Waals surface area contributed by atoms with Crippen LogP contribution in [0.5, 0.6) is 0 Å². The Balaban J connectivity index is 2.80. The van der Waals surface area contributed by atoms with Crippen molar-refractivity contribution in [2.45, 2.75) is 6.92 Å². The first-order valence-corrected chi connectivity index (χ1v) is 5.16. The molecule has 0 unspecified atom stereocenters. The van der Waals surface area contributed by atoms with Crippen molar-refractivity contribution in [3.8, 4) is 0 Å². The van der Waals surface area contributed by atoms with E-state index >= 15 is 0 Å². The van der Waals surface area contributed by atoms with E-state index in [1.807, 2.05) is 17.5 Å². The zero-order chi connectivity index (χ0) is 11.0. The predicted molar refractivity (Wildman–Crippen MR) is 59.0 cm³/mol. The van der Waals surface area contributed by atoms with Gasteiger partial charge in [-0.25, -0.2) is 9.78 Å². The van der Waals surface area contributed by atoms with Crippen molar-refractivity contribution in [2.24, 2.45) is 0 Å². The SMILES string of the molecule is COC(=O)c1cccn2c(C)nc(Br)c12. The zero-order valence-corrected chi connectivity index (χ0v) is 9.91. The van der Waals surface area contributed by atoms with E-state index in [0.29, 0.717) is 10.2 Å². The number of nitrogens with zero attached hydrogens (tertiary/aromatic N) is 2. The van der Waals surface area contributed by atoms with E-state index in [-0.39, 0.29) is 5.97 Å². The summed E-state index contributed by atoms with van der Waals surface area (Å²) in [4.78, 5) is 15.7. The first kappa shape index (κ1) is 10.2. The summed E-state index contributed by atoms with van der Waals surface area (Å²) in [5.74, 6) is 0.462. The maximum absolute atomic E-state index is 11.5. The monoisotopic (exact) mass is 268 g/mol. The van der Waals surface area contributed by atoms with Crippen LogP contribution < -0.4 is 0 Å². The van der Waals surface area contributed by atoms with Crippen LogP contribution in [0.2, 0.25) is 0 Å². The van der Waals surface area contributed by atoms with Gasteiger partial charge in [-0.15, -0.1) is 0 Å². The number of hydrogen-bond donors (Lipinski definition) is 0. The minimum Gasteiger partial charge on any atom is -0.465 e. The molecule has 2 aromatic rings. The number of methoxy groups -OCH3 is 1. The van der Waals surface area contributed by atoms with Gasteiger partial charge in [0.25, 0.3) is 0 Å². The van der Waals surface area contributed by atoms with Crippen LogP contribution in [0.15, 0.2) is 22.9 Å². The number of fused-ring (bicyclic) bond motifs is 1. The zero-order valence-electron chi connectivity index (χ0n) is 8.32. The molecule has 0 saturated heterocycles. The highest BCUT2D eigenvalue weighted by Gasteiger charge is 2.15. The Hall–Kier alpha value is -1.36. The molecule has 2 rings (SSSR count). The van der Waals surface area contributed by atoms with E-state index in [0.717, 1.165) is 11.3 Å². The number of esters is 1. The minimum absolute atomic E-state index is 0.360. The fourth-order valence-corrected chi connectivity index (χ4v) is 2.17. The second kappa shape index (κ2) is 3.66. The van der Waals surface area contributed by atoms with Gasteiger partial charge in [-0.1, -0.05) is 0 Å². The van der Waals surface area contributed by atoms with E-state index in [9.17, 15) is 4.79 Å². The molecule has 0 aliphatic heterocycles. The molecule has 0 spiro atoms. The Morgan fingerprint density at radius 1 is 1.60 bits per heavy atom. The average molecular weight is 269 g/mol. The molecule has 0 atom stereocenters. The molecule has 0 aliphatic rings. The third-order valence-corrected chi connectivity index (χ3v) is 2.76. The van der Waals surface area contributed by atoms with Crippen molar-refractivity contribution in [2.75, 3.05) is 7.11 Å². The lowest BCUT2D eigenvalue weighted by atomic mass is 10.2. The summed E-state index contributed by atoms with van der Waals surface area (Å²) >= 11 is 3.33. The van der Waals surface area contributed by atoms with E-state index in [1.54, 1.807) is 12.1 Å². The van der Waals surface area contributed by atoms with Gasteiger partial charge in [0.15, 0.2) is 0 Å². The van der Waals surface area contributed by atoms with Gasteiger partial charge in [-0.05, 0) is 35.0 Å². The molecular formula is C10H9BrN2O2. The van der Waals surface area contributed by atoms with Crippen molar-refractivity contribution in [1.82, 2.24) is 9.38 Å². The van der Waals surface area contributed by atoms with Crippen LogP contribution in [0.25, 0.3) is 5.52 Å². The third-order valence-electron chi connectivity index (χ3n) is 2.20. The highest BCUT2D eigenvalue weighted by molar-refractivity contribution is 9.10. The maximum Gasteiger partial charge on any atom is 0.340 e. The number of pyridine rings is 1. The lowest BCUT2D eigenvalue weighted by Crippen LogP contribution is -2.03. The number of aryl methyl sites for hydroxylation is 1. The van der Waals surface area contributed by atoms with Crippen LogP contribution in [0.4, 0.5) is 0 Å². The normalized spacial score (nSPS) is 10.6. The van der Waals surface area contributed by atoms with Gasteiger partial charge in [0, 0.05) is 6.20 Å². The van der Waals surface area contributed by atoms with Crippen molar-refractivity contribution in [3.63, 3.8) is 0 Å². The largest absolute Gasteiger partial charge is 0.465 e. The van der Waals surface area contributed by atoms with Gasteiger partial charge in [-0.2, -0.15) is 0 Å². The van der Waals surface area contributed by atoms with Crippen LogP contribution in [0, 0.1) is 6.92 Å². The molecule has 0 bridgehead atoms. The number of carbonyl (C=O) groups is 1. The fraction of sp³-hybridized carbons (Fsp3) is 0.200. The van der Waals surface area contributed by atoms with Gasteiger partial charge in [0.05, 0.1) is 18.2 Å². The Morgan fingerprint density at radius 2 is 2.33 bits per heavy atom. The van der Waals surface area contributed by atoms with Crippen molar-refractivity contribution in [1.29, 1.82) is 0 Å². The van der Waals surface area contributed by atoms with Gasteiger partial charge < -0.3 is 9.14 Å². The summed E-state index contributed by atoms with van der Waals surface area (Å²) in [6, 6.07) is 3.51. The molecule has 0 amide bonds. The number of hydrogen-bond acceptors (Lipinski definition) is 3. The van der Waals surface area contributed by atoms with Crippen molar-refractivity contribution < 1.29 is 9.53 Å². The molecule has 2 aromatic heterocycles. The molecule has 5 heteroatoms. The van der Waals surface area contributed by atoms with E-state index < -0.39 is 0 Å². The number of rotatable bonds is 1. The highest BCUT2D eigenvalue weighted by Crippen LogP contribution is 2.22. The van der Waals surface area contributed by atoms with Gasteiger partial charge >= 0.3 is 5.97 Å². The molecule has 78 valence electrons. The smallest absolute Gasteiger partial charge is 0.340 e. The van der Waals surface area contributed by atoms with Crippen molar-refractivity contribution in [3.05, 3.63) is 34.3 Å². The van der Waals surface area contributed by atoms with Crippen molar-refractivity contribution >= 4 is 27.4 Å². The Labute approximate surface area is 95.0 Å². The number of carbonyl (C=O) groups excluding carboxylic acids is 1. The number of aromatic nitrogens is 2. The molecule has 0 saturated carbocycles. The highest BCUT2D eigenvalue weighted by atomic mass is 79.9. The molecule has 0 fully saturated rings. The van der Waals surface area contributed by atoms with E-state index in [2.05, 4.69) is 20.9 Å². The number of ether oxygens (including phenoxy) is 1. The van der Waals surface area contributed by atoms with E-state index in [1.165, 1.54) is 7.11 Å². The fourth-order valence-electron chi connectivity index (χ4n) is 1.51. The Morgan fingerprint density at radius 3 is 3.00 bits per heavy atom. The topological polar surface area (TPSA) is 43.6 Å². The summed E-state index contributed by atoms with van der Waals surface area (Å²) in [5.41, 5.74) is 1.24. The molecule has 2 heterocycles. The molecule has 4 nitrogen and oxygen atoms in total. The Kier molecular flexibility index (Phi) is 2.48. The summed E-state index contributed by atoms with van der Waals surface area (Å²) in [6.45, 7) is 1.87. The molecule has 0 aliphatic carbocycles. The summed E-state index contributed by atoms with van der Waals surface area (Å²) in [5, 5.41) is 0. The summed E-state index contributed by atoms with van der Waals surface area (Å²) in [6.07, 6.45) is 1.86. The van der Waals surface area contributed by atoms with Gasteiger partial charge in [0.1, 0.15) is 10.4 Å². The van der Waals surface area contributed by atoms with Crippen LogP contribution in [0.3, 0.4) is 0 Å². The maximum atomic E-state index is 11.5. The minimum atomic E-state index is -0.360. The second-order valence-corrected chi connectivity index (χ2v) is 3.83. The number of imidazole rings is 1. The van der Waals surface area contributed by atoms with Crippen LogP contribution in [0.1, 0.15) is 16.2 Å². The quantitative estimate of drug-likeness (QED) is 0.745. The summed E-state index contributed by atoms with van der Waals surface area (Å²) < 4.78 is 7.21. The first-order valence-electron chi connectivity index (χ1n) is 4.36. The van der Waals surface area contributed by atoms with E-state index in [4.69, 9.17) is 4.74 Å². The number of halogens is 1. The van der Waals surface area contributed by atoms with Crippen LogP contribution >= 0.6 is 15.9 Å². The standard InChI is InChI=1S/C10H9BrN2O2/c1-6-12-9(11)8-7(10(14)15-2)4-3-5-13(6)8/h3-5H,1-2H3. The molecule has 15 heavy (non-hydrogen) atoms. The molecule has 0 N–H and O–H groups in total. The average Bonchev–Trinajstić information content (AvgIpc) is 2.54. The third kappa shape index (κ3) is 1.52. The Bertz CT molecular complexity index is 533. The van der Waals surface area contributed by atoms with Crippen LogP contribution in [-0.4, -0.2) is 22.5 Å². The summed E-state index contributed by atoms with van der Waals surface area (Å²) in [7, 11) is 1.36. The van der Waals surface area contributed by atoms with Gasteiger partial charge in [-0.3, -0.25) is 0 Å². The van der Waals surface area contributed by atoms with Gasteiger partial charge in [0.2, 0.25) is 0 Å².